The fraction of sp³-hybridized carbons (Fsp3) is 0.267. The van der Waals surface area contributed by atoms with Crippen LogP contribution in [-0.2, 0) is 11.3 Å². The van der Waals surface area contributed by atoms with E-state index < -0.39 is 23.9 Å². The summed E-state index contributed by atoms with van der Waals surface area (Å²) in [5.74, 6) is -1.22. The lowest BCUT2D eigenvalue weighted by atomic mass is 10.1. The number of carboxylic acid groups (broad SMARTS) is 1. The molecule has 1 N–H and O–H groups in total. The number of aryl methyl sites for hydroxylation is 1. The summed E-state index contributed by atoms with van der Waals surface area (Å²) in [5.41, 5.74) is -0.0310. The van der Waals surface area contributed by atoms with Crippen LogP contribution in [0.25, 0.3) is 10.9 Å². The second-order valence-corrected chi connectivity index (χ2v) is 4.94. The van der Waals surface area contributed by atoms with Crippen LogP contribution in [-0.4, -0.2) is 29.8 Å². The smallest absolute Gasteiger partial charge is 0.257 e. The Balaban J connectivity index is 2.15. The summed E-state index contributed by atoms with van der Waals surface area (Å²) in [5, 5.41) is 12.9. The third kappa shape index (κ3) is 2.59. The zero-order valence-corrected chi connectivity index (χ0v) is 12.3. The van der Waals surface area contributed by atoms with E-state index in [4.69, 9.17) is 9.47 Å². The number of aliphatic carboxylic acids is 1. The van der Waals surface area contributed by atoms with Gasteiger partial charge in [-0.25, -0.2) is 0 Å². The van der Waals surface area contributed by atoms with Crippen molar-refractivity contribution in [1.29, 1.82) is 0 Å². The highest BCUT2D eigenvalue weighted by atomic mass is 16.7. The Morgan fingerprint density at radius 1 is 1.30 bits per heavy atom. The normalized spacial score (nSPS) is 12.4. The second kappa shape index (κ2) is 5.64. The zero-order valence-electron chi connectivity index (χ0n) is 12.3. The highest BCUT2D eigenvalue weighted by molar-refractivity contribution is 5.98. The van der Waals surface area contributed by atoms with Crippen LogP contribution in [0.4, 0.5) is 0 Å². The van der Waals surface area contributed by atoms with Crippen molar-refractivity contribution < 1.29 is 24.2 Å². The number of nitrogens with zero attached hydrogens (tertiary/aromatic N) is 1. The van der Waals surface area contributed by atoms with Gasteiger partial charge >= 0.3 is 0 Å². The first kappa shape index (κ1) is 14.9. The Hall–Kier alpha value is -3.03. The van der Waals surface area contributed by atoms with E-state index in [0.717, 1.165) is 0 Å². The number of rotatable bonds is 4. The zero-order chi connectivity index (χ0) is 16.6. The van der Waals surface area contributed by atoms with Crippen LogP contribution >= 0.6 is 0 Å². The van der Waals surface area contributed by atoms with Gasteiger partial charge < -0.3 is 29.3 Å². The lowest BCUT2D eigenvalue weighted by Crippen LogP contribution is -2.39. The monoisotopic (exact) mass is 317 g/mol. The lowest BCUT2D eigenvalue weighted by Gasteiger charge is -2.12. The molecule has 1 aromatic heterocycles. The average Bonchev–Trinajstić information content (AvgIpc) is 2.99. The summed E-state index contributed by atoms with van der Waals surface area (Å²) in [7, 11) is 0. The molecule has 1 aliphatic heterocycles. The fourth-order valence-electron chi connectivity index (χ4n) is 2.45. The fourth-order valence-corrected chi connectivity index (χ4v) is 2.45. The number of amides is 1. The van der Waals surface area contributed by atoms with Gasteiger partial charge in [-0.2, -0.15) is 0 Å². The Morgan fingerprint density at radius 3 is 2.65 bits per heavy atom. The van der Waals surface area contributed by atoms with Gasteiger partial charge in [0, 0.05) is 18.8 Å². The van der Waals surface area contributed by atoms with E-state index in [1.54, 1.807) is 10.6 Å². The van der Waals surface area contributed by atoms with E-state index in [1.165, 1.54) is 12.3 Å². The standard InChI is InChI=1S/C15H14N2O6/c1-2-17-6-9(15(21)16-5-13(18)19)14(20)8-3-11-12(4-10(8)17)23-7-22-11/h3-4,6H,2,5,7H2,1H3,(H,16,21)(H,18,19)/p-1. The van der Waals surface area contributed by atoms with Gasteiger partial charge in [0.15, 0.2) is 11.5 Å². The molecule has 1 aromatic carbocycles. The van der Waals surface area contributed by atoms with Crippen molar-refractivity contribution in [2.75, 3.05) is 13.3 Å². The van der Waals surface area contributed by atoms with E-state index >= 15 is 0 Å². The number of ether oxygens (including phenoxy) is 2. The highest BCUT2D eigenvalue weighted by Gasteiger charge is 2.20. The molecule has 8 nitrogen and oxygen atoms in total. The van der Waals surface area contributed by atoms with Crippen LogP contribution in [0.3, 0.4) is 0 Å². The van der Waals surface area contributed by atoms with E-state index in [0.29, 0.717) is 28.9 Å². The molecule has 8 heteroatoms. The van der Waals surface area contributed by atoms with Gasteiger partial charge in [0.1, 0.15) is 5.56 Å². The van der Waals surface area contributed by atoms with Crippen molar-refractivity contribution >= 4 is 22.8 Å². The Morgan fingerprint density at radius 2 is 2.00 bits per heavy atom. The first-order valence-electron chi connectivity index (χ1n) is 6.96. The summed E-state index contributed by atoms with van der Waals surface area (Å²) >= 11 is 0. The molecular formula is C15H13N2O6-. The maximum Gasteiger partial charge on any atom is 0.257 e. The Labute approximate surface area is 130 Å². The van der Waals surface area contributed by atoms with Gasteiger partial charge in [0.05, 0.1) is 23.4 Å². The molecule has 0 unspecified atom stereocenters. The Bertz CT molecular complexity index is 870. The number of nitrogens with one attached hydrogen (secondary N) is 1. The molecule has 0 saturated carbocycles. The van der Waals surface area contributed by atoms with Crippen molar-refractivity contribution in [1.82, 2.24) is 9.88 Å². The molecule has 0 saturated heterocycles. The third-order valence-electron chi connectivity index (χ3n) is 3.55. The maximum atomic E-state index is 12.5. The summed E-state index contributed by atoms with van der Waals surface area (Å²) in [4.78, 5) is 35.0. The molecule has 0 fully saturated rings. The van der Waals surface area contributed by atoms with Gasteiger partial charge in [-0.15, -0.1) is 0 Å². The van der Waals surface area contributed by atoms with Crippen molar-refractivity contribution in [2.45, 2.75) is 13.5 Å². The van der Waals surface area contributed by atoms with Gasteiger partial charge in [0.2, 0.25) is 12.2 Å². The van der Waals surface area contributed by atoms with Crippen LogP contribution < -0.4 is 25.3 Å². The van der Waals surface area contributed by atoms with Gasteiger partial charge in [-0.1, -0.05) is 0 Å². The number of carbonyl (C=O) groups is 2. The number of hydrogen-bond acceptors (Lipinski definition) is 6. The average molecular weight is 317 g/mol. The van der Waals surface area contributed by atoms with E-state index in [2.05, 4.69) is 5.32 Å². The SMILES string of the molecule is CCn1cc(C(=O)NCC(=O)[O-])c(=O)c2cc3c(cc21)OCO3. The maximum absolute atomic E-state index is 12.5. The van der Waals surface area contributed by atoms with Crippen molar-refractivity contribution in [3.05, 3.63) is 34.1 Å². The van der Waals surface area contributed by atoms with Crippen LogP contribution in [0.15, 0.2) is 23.1 Å². The Kier molecular flexibility index (Phi) is 3.65. The minimum absolute atomic E-state index is 0.0743. The van der Waals surface area contributed by atoms with Crippen molar-refractivity contribution in [3.8, 4) is 11.5 Å². The summed E-state index contributed by atoms with van der Waals surface area (Å²) in [6.45, 7) is 1.78. The minimum atomic E-state index is -1.43. The first-order valence-corrected chi connectivity index (χ1v) is 6.96. The molecule has 0 aliphatic carbocycles. The van der Waals surface area contributed by atoms with Gasteiger partial charge in [0.25, 0.3) is 5.91 Å². The van der Waals surface area contributed by atoms with Crippen LogP contribution in [0.2, 0.25) is 0 Å². The van der Waals surface area contributed by atoms with Crippen molar-refractivity contribution in [3.63, 3.8) is 0 Å². The summed E-state index contributed by atoms with van der Waals surface area (Å²) in [6.07, 6.45) is 1.40. The largest absolute Gasteiger partial charge is 0.548 e. The van der Waals surface area contributed by atoms with Gasteiger partial charge in [-0.3, -0.25) is 9.59 Å². The predicted molar refractivity (Wildman–Crippen MR) is 77.3 cm³/mol. The van der Waals surface area contributed by atoms with Gasteiger partial charge in [-0.05, 0) is 13.0 Å². The second-order valence-electron chi connectivity index (χ2n) is 4.94. The summed E-state index contributed by atoms with van der Waals surface area (Å²) < 4.78 is 12.3. The number of hydrogen-bond donors (Lipinski definition) is 1. The molecule has 0 spiro atoms. The molecule has 23 heavy (non-hydrogen) atoms. The molecule has 2 heterocycles. The lowest BCUT2D eigenvalue weighted by molar-refractivity contribution is -0.303. The first-order chi connectivity index (χ1) is 11.0. The molecule has 1 amide bonds. The summed E-state index contributed by atoms with van der Waals surface area (Å²) in [6, 6.07) is 3.22. The molecule has 1 aliphatic rings. The molecular weight excluding hydrogens is 304 g/mol. The highest BCUT2D eigenvalue weighted by Crippen LogP contribution is 2.35. The molecule has 3 rings (SSSR count). The molecule has 0 radical (unpaired) electrons. The van der Waals surface area contributed by atoms with Crippen LogP contribution in [0.1, 0.15) is 17.3 Å². The van der Waals surface area contributed by atoms with Crippen LogP contribution in [0.5, 0.6) is 11.5 Å². The third-order valence-corrected chi connectivity index (χ3v) is 3.55. The van der Waals surface area contributed by atoms with Crippen molar-refractivity contribution in [2.24, 2.45) is 0 Å². The van der Waals surface area contributed by atoms with Crippen LogP contribution in [0, 0.1) is 0 Å². The number of pyridine rings is 1. The molecule has 120 valence electrons. The predicted octanol–water partition coefficient (Wildman–Crippen LogP) is -0.770. The number of benzene rings is 1. The quantitative estimate of drug-likeness (QED) is 0.793. The van der Waals surface area contributed by atoms with E-state index in [1.807, 2.05) is 6.92 Å². The molecule has 0 atom stereocenters. The number of aromatic nitrogens is 1. The number of carboxylic acids is 1. The topological polar surface area (TPSA) is 110 Å². The molecule has 2 aromatic rings. The minimum Gasteiger partial charge on any atom is -0.548 e. The molecule has 0 bridgehead atoms. The number of fused-ring (bicyclic) bond motifs is 2. The van der Waals surface area contributed by atoms with E-state index in [9.17, 15) is 19.5 Å². The number of carbonyl (C=O) groups excluding carboxylic acids is 2. The van der Waals surface area contributed by atoms with E-state index in [-0.39, 0.29) is 12.4 Å².